The van der Waals surface area contributed by atoms with Gasteiger partial charge in [-0.15, -0.1) is 12.4 Å². The summed E-state index contributed by atoms with van der Waals surface area (Å²) in [5, 5.41) is 0. The second-order valence-corrected chi connectivity index (χ2v) is 0. The van der Waals surface area contributed by atoms with Crippen molar-refractivity contribution in [2.75, 3.05) is 0 Å². The Bertz CT molecular complexity index is 7.61. The zero-order chi connectivity index (χ0) is 0. The molecule has 0 aromatic rings. The van der Waals surface area contributed by atoms with Crippen molar-refractivity contribution < 1.29 is 45.1 Å². The standard InChI is InChI=1S/ClH.2Cu.2H2O/h1H;;;2*1H2. The first-order valence-corrected chi connectivity index (χ1v) is 0. The van der Waals surface area contributed by atoms with Gasteiger partial charge in [0.2, 0.25) is 0 Å². The van der Waals surface area contributed by atoms with Crippen LogP contribution in [0.5, 0.6) is 0 Å². The number of rotatable bonds is 0. The maximum absolute atomic E-state index is 0. The van der Waals surface area contributed by atoms with Crippen molar-refractivity contribution in [3.8, 4) is 0 Å². The summed E-state index contributed by atoms with van der Waals surface area (Å²) in [6.45, 7) is 0. The van der Waals surface area contributed by atoms with Crippen molar-refractivity contribution in [2.45, 2.75) is 0 Å². The fraction of sp³-hybridized carbons (Fsp3) is 0. The van der Waals surface area contributed by atoms with Crippen molar-refractivity contribution in [1.82, 2.24) is 0 Å². The fourth-order valence-electron chi connectivity index (χ4n) is 0. The van der Waals surface area contributed by atoms with Gasteiger partial charge in [0.05, 0.1) is 0 Å². The predicted octanol–water partition coefficient (Wildman–Crippen LogP) is -1.23. The predicted molar refractivity (Wildman–Crippen MR) is 14.5 cm³/mol. The zero-order valence-corrected chi connectivity index (χ0v) is 4.71. The van der Waals surface area contributed by atoms with Crippen LogP contribution in [0.2, 0.25) is 0 Å². The third-order valence-electron chi connectivity index (χ3n) is 0. The Morgan fingerprint density at radius 2 is 0.600 bits per heavy atom. The van der Waals surface area contributed by atoms with Crippen molar-refractivity contribution in [2.24, 2.45) is 0 Å². The van der Waals surface area contributed by atoms with Gasteiger partial charge in [-0.2, -0.15) is 0 Å². The third-order valence-corrected chi connectivity index (χ3v) is 0. The molecule has 0 bridgehead atoms. The first-order chi connectivity index (χ1) is 0. The van der Waals surface area contributed by atoms with E-state index in [2.05, 4.69) is 0 Å². The van der Waals surface area contributed by atoms with E-state index in [-0.39, 0.29) is 57.5 Å². The molecule has 5 heteroatoms. The van der Waals surface area contributed by atoms with Crippen LogP contribution in [-0.2, 0) is 34.1 Å². The molecule has 0 aliphatic rings. The molecule has 0 saturated carbocycles. The number of hydrogen-bond donors (Lipinski definition) is 0. The van der Waals surface area contributed by atoms with Crippen LogP contribution in [0, 0.1) is 0 Å². The Hall–Kier alpha value is 1.25. The van der Waals surface area contributed by atoms with Gasteiger partial charge < -0.3 is 11.0 Å². The van der Waals surface area contributed by atoms with Crippen LogP contribution in [0.15, 0.2) is 0 Å². The van der Waals surface area contributed by atoms with E-state index in [1.165, 1.54) is 0 Å². The van der Waals surface area contributed by atoms with E-state index in [1.807, 2.05) is 0 Å². The Morgan fingerprint density at radius 3 is 0.600 bits per heavy atom. The van der Waals surface area contributed by atoms with Crippen LogP contribution in [0.4, 0.5) is 0 Å². The molecule has 0 saturated heterocycles. The molecular formula is H5ClCu2O2. The van der Waals surface area contributed by atoms with E-state index in [9.17, 15) is 0 Å². The summed E-state index contributed by atoms with van der Waals surface area (Å²) in [5.74, 6) is 0. The van der Waals surface area contributed by atoms with Crippen molar-refractivity contribution in [3.63, 3.8) is 0 Å². The van der Waals surface area contributed by atoms with E-state index in [1.54, 1.807) is 0 Å². The molecule has 0 rings (SSSR count). The fourth-order valence-corrected chi connectivity index (χ4v) is 0. The minimum Gasteiger partial charge on any atom is -0.412 e. The SMILES string of the molecule is Cl.O.O.[Cu].[Cu]. The number of halogens is 1. The average Bonchev–Trinajstić information content (AvgIpc) is 0. The van der Waals surface area contributed by atoms with Gasteiger partial charge in [-0.25, -0.2) is 0 Å². The van der Waals surface area contributed by atoms with Crippen molar-refractivity contribution in [1.29, 1.82) is 0 Å². The maximum atomic E-state index is 0. The molecule has 0 aromatic carbocycles. The second kappa shape index (κ2) is 60.7. The monoisotopic (exact) mass is 198 g/mol. The summed E-state index contributed by atoms with van der Waals surface area (Å²) in [5.41, 5.74) is 0. The summed E-state index contributed by atoms with van der Waals surface area (Å²) < 4.78 is 0. The molecule has 0 aliphatic heterocycles. The first kappa shape index (κ1) is 110. The Kier molecular flexibility index (Phi) is 1340. The quantitative estimate of drug-likeness (QED) is 0.439. The third kappa shape index (κ3) is 35.5. The molecular weight excluding hydrogens is 195 g/mol. The summed E-state index contributed by atoms with van der Waals surface area (Å²) in [4.78, 5) is 0. The number of hydrogen-bond acceptors (Lipinski definition) is 0. The van der Waals surface area contributed by atoms with Crippen LogP contribution in [0.1, 0.15) is 0 Å². The largest absolute Gasteiger partial charge is 0.412 e. The maximum Gasteiger partial charge on any atom is 0 e. The van der Waals surface area contributed by atoms with Gasteiger partial charge in [0, 0.05) is 34.1 Å². The molecule has 4 N–H and O–H groups in total. The second-order valence-electron chi connectivity index (χ2n) is 0. The van der Waals surface area contributed by atoms with Crippen LogP contribution in [0.3, 0.4) is 0 Å². The van der Waals surface area contributed by atoms with Gasteiger partial charge >= 0.3 is 0 Å². The first-order valence-electron chi connectivity index (χ1n) is 0. The molecule has 2 nitrogen and oxygen atoms in total. The van der Waals surface area contributed by atoms with Gasteiger partial charge in [-0.05, 0) is 0 Å². The van der Waals surface area contributed by atoms with Crippen LogP contribution in [-0.4, -0.2) is 11.0 Å². The van der Waals surface area contributed by atoms with E-state index in [4.69, 9.17) is 0 Å². The van der Waals surface area contributed by atoms with E-state index < -0.39 is 0 Å². The van der Waals surface area contributed by atoms with E-state index >= 15 is 0 Å². The molecule has 0 aromatic heterocycles. The minimum absolute atomic E-state index is 0. The topological polar surface area (TPSA) is 63.0 Å². The molecule has 0 fully saturated rings. The summed E-state index contributed by atoms with van der Waals surface area (Å²) in [6, 6.07) is 0. The Labute approximate surface area is 57.7 Å². The summed E-state index contributed by atoms with van der Waals surface area (Å²) in [7, 11) is 0. The summed E-state index contributed by atoms with van der Waals surface area (Å²) >= 11 is 0. The average molecular weight is 200 g/mol. The Balaban J connectivity index is 0. The van der Waals surface area contributed by atoms with Crippen molar-refractivity contribution in [3.05, 3.63) is 0 Å². The molecule has 0 spiro atoms. The summed E-state index contributed by atoms with van der Waals surface area (Å²) in [6.07, 6.45) is 0. The molecule has 2 radical (unpaired) electrons. The van der Waals surface area contributed by atoms with Crippen LogP contribution < -0.4 is 0 Å². The van der Waals surface area contributed by atoms with Crippen LogP contribution >= 0.6 is 12.4 Å². The van der Waals surface area contributed by atoms with Crippen LogP contribution in [0.25, 0.3) is 0 Å². The van der Waals surface area contributed by atoms with Gasteiger partial charge in [-0.3, -0.25) is 0 Å². The van der Waals surface area contributed by atoms with E-state index in [0.29, 0.717) is 0 Å². The molecule has 0 unspecified atom stereocenters. The Morgan fingerprint density at radius 1 is 0.600 bits per heavy atom. The van der Waals surface area contributed by atoms with Gasteiger partial charge in [0.15, 0.2) is 0 Å². The molecule has 0 heterocycles. The normalized spacial score (nSPS) is 0. The van der Waals surface area contributed by atoms with Gasteiger partial charge in [0.25, 0.3) is 0 Å². The molecule has 0 amide bonds. The molecule has 0 atom stereocenters. The molecule has 5 heavy (non-hydrogen) atoms. The van der Waals surface area contributed by atoms with Crippen molar-refractivity contribution >= 4 is 12.4 Å². The van der Waals surface area contributed by atoms with E-state index in [0.717, 1.165) is 0 Å². The van der Waals surface area contributed by atoms with Gasteiger partial charge in [0.1, 0.15) is 0 Å². The zero-order valence-electron chi connectivity index (χ0n) is 2.01. The van der Waals surface area contributed by atoms with Gasteiger partial charge in [-0.1, -0.05) is 0 Å². The molecule has 0 aliphatic carbocycles. The molecule has 46 valence electrons. The minimum atomic E-state index is 0. The smallest absolute Gasteiger partial charge is 0 e.